The molecule has 0 fully saturated rings. The predicted octanol–water partition coefficient (Wildman–Crippen LogP) is 9.21. The van der Waals surface area contributed by atoms with Crippen molar-refractivity contribution in [1.29, 1.82) is 0 Å². The Morgan fingerprint density at radius 1 is 0.711 bits per heavy atom. The van der Waals surface area contributed by atoms with Gasteiger partial charge in [0.1, 0.15) is 0 Å². The maximum absolute atomic E-state index is 4.62. The number of hydrogen-bond donors (Lipinski definition) is 3. The summed E-state index contributed by atoms with van der Waals surface area (Å²) < 4.78 is 2.33. The topological polar surface area (TPSA) is 32.2 Å². The first-order valence-electron chi connectivity index (χ1n) is 13.3. The van der Waals surface area contributed by atoms with E-state index in [2.05, 4.69) is 118 Å². The van der Waals surface area contributed by atoms with E-state index in [1.807, 2.05) is 52.0 Å². The molecule has 5 aromatic rings. The fourth-order valence-electron chi connectivity index (χ4n) is 4.75. The van der Waals surface area contributed by atoms with Gasteiger partial charge in [-0.05, 0) is 42.5 Å². The summed E-state index contributed by atoms with van der Waals surface area (Å²) in [6.07, 6.45) is 0. The second-order valence-electron chi connectivity index (χ2n) is 8.36. The molecule has 1 aromatic heterocycles. The van der Waals surface area contributed by atoms with Gasteiger partial charge < -0.3 is 14.9 Å². The summed E-state index contributed by atoms with van der Waals surface area (Å²) in [4.78, 5) is 3.28. The van der Waals surface area contributed by atoms with Crippen molar-refractivity contribution in [3.05, 3.63) is 121 Å². The number of nitrogens with one attached hydrogen (secondary N) is 2. The van der Waals surface area contributed by atoms with E-state index in [1.54, 1.807) is 0 Å². The number of fused-ring (bicyclic) bond motifs is 4. The molecular weight excluding hydrogens is 484 g/mol. The third-order valence-corrected chi connectivity index (χ3v) is 6.57. The van der Waals surface area contributed by atoms with E-state index in [4.69, 9.17) is 0 Å². The first kappa shape index (κ1) is 27.0. The predicted molar refractivity (Wildman–Crippen MR) is 168 cm³/mol. The minimum Gasteiger partial charge on any atom is -0.335 e. The minimum atomic E-state index is 0.657. The van der Waals surface area contributed by atoms with Gasteiger partial charge in [0.05, 0.1) is 34.8 Å². The number of nitrogens with zero attached hydrogens (tertiary/aromatic N) is 2. The second kappa shape index (κ2) is 12.4. The van der Waals surface area contributed by atoms with Gasteiger partial charge in [0.25, 0.3) is 0 Å². The van der Waals surface area contributed by atoms with E-state index >= 15 is 0 Å². The molecule has 0 radical (unpaired) electrons. The van der Waals surface area contributed by atoms with E-state index in [0.29, 0.717) is 6.54 Å². The lowest BCUT2D eigenvalue weighted by Gasteiger charge is -2.28. The van der Waals surface area contributed by atoms with E-state index < -0.39 is 0 Å². The van der Waals surface area contributed by atoms with Gasteiger partial charge >= 0.3 is 0 Å². The maximum Gasteiger partial charge on any atom is 0.0850 e. The quantitative estimate of drug-likeness (QED) is 0.203. The Labute approximate surface area is 232 Å². The molecule has 38 heavy (non-hydrogen) atoms. The molecule has 6 rings (SSSR count). The van der Waals surface area contributed by atoms with Gasteiger partial charge in [-0.2, -0.15) is 0 Å². The van der Waals surface area contributed by atoms with Crippen LogP contribution in [0.1, 0.15) is 39.0 Å². The van der Waals surface area contributed by atoms with Crippen LogP contribution in [-0.2, 0) is 6.54 Å². The number of thiol groups is 1. The Kier molecular flexibility index (Phi) is 8.82. The number of para-hydroxylation sites is 3. The van der Waals surface area contributed by atoms with Crippen molar-refractivity contribution >= 4 is 46.3 Å². The number of benzene rings is 4. The molecule has 0 saturated heterocycles. The van der Waals surface area contributed by atoms with E-state index in [-0.39, 0.29) is 0 Å². The lowest BCUT2D eigenvalue weighted by Crippen LogP contribution is -2.20. The highest BCUT2D eigenvalue weighted by Gasteiger charge is 2.25. The van der Waals surface area contributed by atoms with Crippen LogP contribution < -0.4 is 15.8 Å². The summed E-state index contributed by atoms with van der Waals surface area (Å²) in [6, 6.07) is 35.7. The Morgan fingerprint density at radius 2 is 1.37 bits per heavy atom. The largest absolute Gasteiger partial charge is 0.335 e. The summed E-state index contributed by atoms with van der Waals surface area (Å²) in [6.45, 7) is 13.0. The lowest BCUT2D eigenvalue weighted by molar-refractivity contribution is 0.888. The molecule has 0 saturated carbocycles. The summed E-state index contributed by atoms with van der Waals surface area (Å²) in [5.41, 5.74) is 15.4. The van der Waals surface area contributed by atoms with Crippen molar-refractivity contribution in [2.24, 2.45) is 0 Å². The van der Waals surface area contributed by atoms with Gasteiger partial charge in [-0.3, -0.25) is 5.43 Å². The van der Waals surface area contributed by atoms with Gasteiger partial charge in [0.15, 0.2) is 0 Å². The highest BCUT2D eigenvalue weighted by molar-refractivity contribution is 7.80. The molecule has 1 aliphatic heterocycles. The van der Waals surface area contributed by atoms with Crippen LogP contribution >= 0.6 is 12.6 Å². The van der Waals surface area contributed by atoms with Crippen molar-refractivity contribution in [3.8, 4) is 5.69 Å². The molecule has 4 nitrogen and oxygen atoms in total. The zero-order valence-corrected chi connectivity index (χ0v) is 23.5. The fraction of sp³-hybridized carbons (Fsp3) is 0.152. The second-order valence-corrected chi connectivity index (χ2v) is 8.88. The van der Waals surface area contributed by atoms with Crippen LogP contribution in [0.5, 0.6) is 0 Å². The molecule has 0 spiro atoms. The van der Waals surface area contributed by atoms with Gasteiger partial charge in [-0.1, -0.05) is 94.9 Å². The number of rotatable bonds is 2. The Balaban J connectivity index is 0.000000804. The maximum atomic E-state index is 4.62. The lowest BCUT2D eigenvalue weighted by atomic mass is 10.1. The molecule has 0 amide bonds. The first-order chi connectivity index (χ1) is 18.7. The molecule has 0 atom stereocenters. The molecule has 1 aliphatic rings. The monoisotopic (exact) mass is 520 g/mol. The van der Waals surface area contributed by atoms with Crippen LogP contribution in [0, 0.1) is 0 Å². The van der Waals surface area contributed by atoms with Crippen LogP contribution in [0.25, 0.3) is 22.3 Å². The van der Waals surface area contributed by atoms with Crippen molar-refractivity contribution in [2.45, 2.75) is 39.1 Å². The molecule has 194 valence electrons. The standard InChI is InChI=1S/C29H24N4S.2C2H6/c1-20-24-14-5-7-16-26(24)32(21-10-3-2-4-11-21)19-28-29(31-30-20)25-15-6-8-17-27(25)33(28)22-12-9-13-23(34)18-22;2*1-2/h2-18,30-31,34H,1,19H2;2*1-2H3. The third kappa shape index (κ3) is 5.15. The summed E-state index contributed by atoms with van der Waals surface area (Å²) in [5, 5.41) is 1.14. The van der Waals surface area contributed by atoms with Crippen LogP contribution in [0.3, 0.4) is 0 Å². The summed E-state index contributed by atoms with van der Waals surface area (Å²) in [5.74, 6) is 0. The zero-order valence-electron chi connectivity index (χ0n) is 22.6. The average molecular weight is 521 g/mol. The molecular formula is C33H36N4S. The van der Waals surface area contributed by atoms with E-state index in [0.717, 1.165) is 55.5 Å². The van der Waals surface area contributed by atoms with Crippen LogP contribution in [0.2, 0.25) is 0 Å². The third-order valence-electron chi connectivity index (χ3n) is 6.29. The first-order valence-corrected chi connectivity index (χ1v) is 13.7. The summed E-state index contributed by atoms with van der Waals surface area (Å²) in [7, 11) is 0. The molecule has 2 N–H and O–H groups in total. The van der Waals surface area contributed by atoms with Crippen molar-refractivity contribution in [3.63, 3.8) is 0 Å². The molecule has 0 unspecified atom stereocenters. The smallest absolute Gasteiger partial charge is 0.0850 e. The summed E-state index contributed by atoms with van der Waals surface area (Å²) >= 11 is 4.62. The van der Waals surface area contributed by atoms with Gasteiger partial charge in [-0.25, -0.2) is 0 Å². The van der Waals surface area contributed by atoms with E-state index in [1.165, 1.54) is 0 Å². The zero-order chi connectivity index (χ0) is 27.1. The normalized spacial score (nSPS) is 12.1. The van der Waals surface area contributed by atoms with Crippen LogP contribution in [0.4, 0.5) is 17.1 Å². The van der Waals surface area contributed by atoms with Crippen LogP contribution in [-0.4, -0.2) is 4.57 Å². The SMILES string of the molecule is C=C1NNc2c(n(-c3cccc(S)c3)c3ccccc23)CN(c2ccccc2)c2ccccc21.CC.CC. The molecule has 0 bridgehead atoms. The molecule has 4 aromatic carbocycles. The van der Waals surface area contributed by atoms with E-state index in [9.17, 15) is 0 Å². The average Bonchev–Trinajstić information content (AvgIpc) is 3.32. The highest BCUT2D eigenvalue weighted by atomic mass is 32.1. The minimum absolute atomic E-state index is 0.657. The Hall–Kier alpha value is -4.09. The molecule has 2 heterocycles. The van der Waals surface area contributed by atoms with Crippen molar-refractivity contribution in [2.75, 3.05) is 10.3 Å². The molecule has 0 aliphatic carbocycles. The highest BCUT2D eigenvalue weighted by Crippen LogP contribution is 2.40. The number of anilines is 3. The number of hydrogen-bond acceptors (Lipinski definition) is 4. The molecule has 5 heteroatoms. The number of hydrazine groups is 1. The Morgan fingerprint density at radius 3 is 2.13 bits per heavy atom. The Bertz CT molecular complexity index is 1520. The van der Waals surface area contributed by atoms with Gasteiger partial charge in [0.2, 0.25) is 0 Å². The van der Waals surface area contributed by atoms with Gasteiger partial charge in [-0.15, -0.1) is 12.6 Å². The van der Waals surface area contributed by atoms with Crippen molar-refractivity contribution in [1.82, 2.24) is 9.99 Å². The number of aromatic nitrogens is 1. The fourth-order valence-corrected chi connectivity index (χ4v) is 4.97. The van der Waals surface area contributed by atoms with Crippen molar-refractivity contribution < 1.29 is 0 Å². The van der Waals surface area contributed by atoms with Gasteiger partial charge in [0, 0.05) is 27.2 Å². The van der Waals surface area contributed by atoms with Crippen LogP contribution in [0.15, 0.2) is 115 Å².